The molecule has 0 amide bonds. The Bertz CT molecular complexity index is 1300. The van der Waals surface area contributed by atoms with Crippen LogP contribution in [-0.4, -0.2) is 59.6 Å². The van der Waals surface area contributed by atoms with E-state index in [-0.39, 0.29) is 12.2 Å². The van der Waals surface area contributed by atoms with E-state index in [9.17, 15) is 0 Å². The van der Waals surface area contributed by atoms with Crippen molar-refractivity contribution in [1.29, 1.82) is 0 Å². The molecule has 0 radical (unpaired) electrons. The zero-order valence-electron chi connectivity index (χ0n) is 33.0. The molecule has 0 unspecified atom stereocenters. The first-order chi connectivity index (χ1) is 25.4. The maximum absolute atomic E-state index is 6.23. The van der Waals surface area contributed by atoms with Gasteiger partial charge in [-0.15, -0.1) is 0 Å². The van der Waals surface area contributed by atoms with Crippen molar-refractivity contribution in [3.8, 4) is 0 Å². The van der Waals surface area contributed by atoms with Crippen LogP contribution in [0.3, 0.4) is 0 Å². The number of hydrogen-bond acceptors (Lipinski definition) is 6. The van der Waals surface area contributed by atoms with Gasteiger partial charge in [0, 0.05) is 11.1 Å². The summed E-state index contributed by atoms with van der Waals surface area (Å²) in [6, 6.07) is 22.6. The molecule has 0 aliphatic heterocycles. The Morgan fingerprint density at radius 1 is 0.404 bits per heavy atom. The fourth-order valence-electron chi connectivity index (χ4n) is 7.98. The minimum Gasteiger partial charge on any atom is -0.474 e. The molecule has 6 heteroatoms. The van der Waals surface area contributed by atoms with Gasteiger partial charge >= 0.3 is 0 Å². The highest BCUT2D eigenvalue weighted by atomic mass is 16.5. The minimum atomic E-state index is 0.109. The van der Waals surface area contributed by atoms with E-state index in [1.54, 1.807) is 0 Å². The van der Waals surface area contributed by atoms with Crippen molar-refractivity contribution in [3.05, 3.63) is 71.8 Å². The molecule has 2 aromatic carbocycles. The normalized spacial score (nSPS) is 21.2. The highest BCUT2D eigenvalue weighted by Crippen LogP contribution is 2.26. The number of benzene rings is 2. The molecule has 0 atom stereocenters. The van der Waals surface area contributed by atoms with Crippen LogP contribution in [0.1, 0.15) is 167 Å². The molecule has 52 heavy (non-hydrogen) atoms. The summed E-state index contributed by atoms with van der Waals surface area (Å²) in [6.45, 7) is 8.33. The second kappa shape index (κ2) is 22.1. The number of nitrogens with zero attached hydrogens (tertiary/aromatic N) is 4. The van der Waals surface area contributed by atoms with Gasteiger partial charge in [-0.05, 0) is 79.1 Å². The maximum Gasteiger partial charge on any atom is 0.235 e. The van der Waals surface area contributed by atoms with Gasteiger partial charge in [-0.25, -0.2) is 9.98 Å². The number of rotatable bonds is 10. The Hall–Kier alpha value is -3.28. The van der Waals surface area contributed by atoms with Gasteiger partial charge in [0.1, 0.15) is 11.4 Å². The number of hydrogen-bond donors (Lipinski definition) is 0. The Balaban J connectivity index is 0.000000201. The molecule has 4 fully saturated rings. The van der Waals surface area contributed by atoms with Crippen LogP contribution < -0.4 is 0 Å². The average molecular weight is 709 g/mol. The summed E-state index contributed by atoms with van der Waals surface area (Å²) < 4.78 is 12.5. The standard InChI is InChI=1S/2C23H34N2O/c2*1-18(2)26-23(25-21-16-10-5-11-17-21)22(19-12-6-3-7-13-19)24-20-14-8-4-9-15-20/h2*3,6-7,12-13,18,20-21H,4-5,8-11,14-17H2,1-2H3. The average Bonchev–Trinajstić information content (AvgIpc) is 3.18. The molecule has 4 saturated carbocycles. The second-order valence-electron chi connectivity index (χ2n) is 16.1. The van der Waals surface area contributed by atoms with Gasteiger partial charge in [0.25, 0.3) is 0 Å². The minimum absolute atomic E-state index is 0.109. The summed E-state index contributed by atoms with van der Waals surface area (Å²) in [5.74, 6) is 1.53. The molecule has 4 aliphatic rings. The van der Waals surface area contributed by atoms with E-state index in [1.165, 1.54) is 128 Å². The van der Waals surface area contributed by atoms with Crippen LogP contribution in [-0.2, 0) is 9.47 Å². The van der Waals surface area contributed by atoms with Crippen LogP contribution >= 0.6 is 0 Å². The van der Waals surface area contributed by atoms with E-state index < -0.39 is 0 Å². The summed E-state index contributed by atoms with van der Waals surface area (Å²) in [6.07, 6.45) is 25.3. The van der Waals surface area contributed by atoms with Crippen LogP contribution in [0.5, 0.6) is 0 Å². The SMILES string of the molecule is CC(C)OC(=NC1CCCCC1)C(=NC1CCCCC1)c1ccccc1.CC(C)OC(=NC1CCCCC1)C(=NC1CCCCC1)c1ccccc1. The quantitative estimate of drug-likeness (QED) is 0.182. The first-order valence-corrected chi connectivity index (χ1v) is 21.2. The Kier molecular flexibility index (Phi) is 16.9. The lowest BCUT2D eigenvalue weighted by Crippen LogP contribution is -2.27. The van der Waals surface area contributed by atoms with Crippen LogP contribution in [0.25, 0.3) is 0 Å². The fourth-order valence-corrected chi connectivity index (χ4v) is 7.98. The van der Waals surface area contributed by atoms with Gasteiger partial charge < -0.3 is 9.47 Å². The van der Waals surface area contributed by atoms with Gasteiger partial charge in [0.15, 0.2) is 0 Å². The van der Waals surface area contributed by atoms with E-state index in [1.807, 2.05) is 0 Å². The molecule has 0 bridgehead atoms. The number of aliphatic imine (C=N–C) groups is 4. The third-order valence-electron chi connectivity index (χ3n) is 10.7. The van der Waals surface area contributed by atoms with Gasteiger partial charge in [-0.3, -0.25) is 9.98 Å². The molecular formula is C46H68N4O2. The van der Waals surface area contributed by atoms with E-state index in [0.29, 0.717) is 24.2 Å². The highest BCUT2D eigenvalue weighted by Gasteiger charge is 2.24. The van der Waals surface area contributed by atoms with E-state index in [0.717, 1.165) is 34.3 Å². The van der Waals surface area contributed by atoms with E-state index in [4.69, 9.17) is 29.4 Å². The topological polar surface area (TPSA) is 67.9 Å². The summed E-state index contributed by atoms with van der Waals surface area (Å²) in [5.41, 5.74) is 4.20. The molecule has 4 aliphatic carbocycles. The second-order valence-corrected chi connectivity index (χ2v) is 16.1. The number of ether oxygens (including phenoxy) is 2. The van der Waals surface area contributed by atoms with Crippen molar-refractivity contribution < 1.29 is 9.47 Å². The van der Waals surface area contributed by atoms with Crippen LogP contribution in [0.4, 0.5) is 0 Å². The molecule has 0 heterocycles. The van der Waals surface area contributed by atoms with Gasteiger partial charge in [0.05, 0.1) is 36.4 Å². The molecule has 0 saturated heterocycles. The highest BCUT2D eigenvalue weighted by molar-refractivity contribution is 6.46. The van der Waals surface area contributed by atoms with Gasteiger partial charge in [0.2, 0.25) is 11.8 Å². The monoisotopic (exact) mass is 709 g/mol. The van der Waals surface area contributed by atoms with Crippen LogP contribution in [0.15, 0.2) is 80.6 Å². The van der Waals surface area contributed by atoms with Crippen molar-refractivity contribution in [1.82, 2.24) is 0 Å². The van der Waals surface area contributed by atoms with Crippen molar-refractivity contribution in [3.63, 3.8) is 0 Å². The van der Waals surface area contributed by atoms with Crippen LogP contribution in [0, 0.1) is 0 Å². The third-order valence-corrected chi connectivity index (χ3v) is 10.7. The van der Waals surface area contributed by atoms with Crippen molar-refractivity contribution in [2.45, 2.75) is 192 Å². The lowest BCUT2D eigenvalue weighted by Gasteiger charge is -2.23. The molecule has 284 valence electrons. The Morgan fingerprint density at radius 2 is 0.673 bits per heavy atom. The Morgan fingerprint density at radius 3 is 0.942 bits per heavy atom. The third kappa shape index (κ3) is 13.6. The van der Waals surface area contributed by atoms with Crippen molar-refractivity contribution in [2.24, 2.45) is 20.0 Å². The van der Waals surface area contributed by atoms with E-state index >= 15 is 0 Å². The smallest absolute Gasteiger partial charge is 0.235 e. The van der Waals surface area contributed by atoms with Gasteiger partial charge in [-0.2, -0.15) is 0 Å². The summed E-state index contributed by atoms with van der Waals surface area (Å²) >= 11 is 0. The van der Waals surface area contributed by atoms with Crippen molar-refractivity contribution >= 4 is 23.2 Å². The molecule has 6 rings (SSSR count). The molecule has 0 aromatic heterocycles. The summed E-state index contributed by atoms with van der Waals surface area (Å²) in [5, 5.41) is 0. The fraction of sp³-hybridized carbons (Fsp3) is 0.652. The zero-order valence-corrected chi connectivity index (χ0v) is 33.0. The lowest BCUT2D eigenvalue weighted by molar-refractivity contribution is 0.229. The molecular weight excluding hydrogens is 641 g/mol. The predicted octanol–water partition coefficient (Wildman–Crippen LogP) is 11.9. The first-order valence-electron chi connectivity index (χ1n) is 21.2. The molecule has 0 N–H and O–H groups in total. The largest absolute Gasteiger partial charge is 0.474 e. The van der Waals surface area contributed by atoms with Crippen LogP contribution in [0.2, 0.25) is 0 Å². The molecule has 2 aromatic rings. The zero-order chi connectivity index (χ0) is 36.4. The lowest BCUT2D eigenvalue weighted by atomic mass is 9.95. The maximum atomic E-state index is 6.23. The van der Waals surface area contributed by atoms with Crippen molar-refractivity contribution in [2.75, 3.05) is 0 Å². The van der Waals surface area contributed by atoms with E-state index in [2.05, 4.69) is 88.4 Å². The molecule has 6 nitrogen and oxygen atoms in total. The molecule has 0 spiro atoms. The Labute approximate surface area is 316 Å². The predicted molar refractivity (Wildman–Crippen MR) is 221 cm³/mol. The summed E-state index contributed by atoms with van der Waals surface area (Å²) in [7, 11) is 0. The summed E-state index contributed by atoms with van der Waals surface area (Å²) in [4.78, 5) is 20.5. The van der Waals surface area contributed by atoms with Gasteiger partial charge in [-0.1, -0.05) is 138 Å². The first kappa shape index (κ1) is 39.9.